The van der Waals surface area contributed by atoms with E-state index in [-0.39, 0.29) is 5.78 Å². The summed E-state index contributed by atoms with van der Waals surface area (Å²) in [6.45, 7) is 0. The SMILES string of the molecule is COc1ccc(Br)cc1/C=C/C(=O)c1cc(Cl)ccc1Cl. The van der Waals surface area contributed by atoms with E-state index < -0.39 is 0 Å². The minimum absolute atomic E-state index is 0.218. The van der Waals surface area contributed by atoms with Crippen LogP contribution in [0, 0.1) is 0 Å². The maximum Gasteiger partial charge on any atom is 0.187 e. The molecule has 0 fully saturated rings. The highest BCUT2D eigenvalue weighted by Gasteiger charge is 2.08. The molecule has 0 saturated carbocycles. The summed E-state index contributed by atoms with van der Waals surface area (Å²) >= 11 is 15.3. The van der Waals surface area contributed by atoms with Gasteiger partial charge in [0.25, 0.3) is 0 Å². The quantitative estimate of drug-likeness (QED) is 0.501. The zero-order chi connectivity index (χ0) is 15.4. The van der Waals surface area contributed by atoms with Crippen LogP contribution in [0.4, 0.5) is 0 Å². The van der Waals surface area contributed by atoms with Gasteiger partial charge in [-0.25, -0.2) is 0 Å². The van der Waals surface area contributed by atoms with Crippen molar-refractivity contribution in [1.29, 1.82) is 0 Å². The van der Waals surface area contributed by atoms with E-state index in [4.69, 9.17) is 27.9 Å². The molecule has 2 nitrogen and oxygen atoms in total. The Balaban J connectivity index is 2.31. The number of carbonyl (C=O) groups is 1. The van der Waals surface area contributed by atoms with Crippen LogP contribution in [-0.2, 0) is 0 Å². The number of hydrogen-bond donors (Lipinski definition) is 0. The Bertz CT molecular complexity index is 711. The Labute approximate surface area is 141 Å². The van der Waals surface area contributed by atoms with Crippen LogP contribution in [0.2, 0.25) is 10.0 Å². The molecule has 0 N–H and O–H groups in total. The first kappa shape index (κ1) is 16.1. The van der Waals surface area contributed by atoms with Crippen LogP contribution in [0.1, 0.15) is 15.9 Å². The molecule has 0 heterocycles. The maximum absolute atomic E-state index is 12.2. The predicted octanol–water partition coefficient (Wildman–Crippen LogP) is 5.66. The Kier molecular flexibility index (Phi) is 5.45. The fourth-order valence-electron chi connectivity index (χ4n) is 1.78. The van der Waals surface area contributed by atoms with Crippen molar-refractivity contribution in [3.63, 3.8) is 0 Å². The van der Waals surface area contributed by atoms with Gasteiger partial charge in [-0.15, -0.1) is 0 Å². The molecule has 0 aliphatic heterocycles. The highest BCUT2D eigenvalue weighted by molar-refractivity contribution is 9.10. The predicted molar refractivity (Wildman–Crippen MR) is 90.5 cm³/mol. The van der Waals surface area contributed by atoms with E-state index in [0.29, 0.717) is 21.4 Å². The van der Waals surface area contributed by atoms with E-state index in [2.05, 4.69) is 15.9 Å². The number of benzene rings is 2. The summed E-state index contributed by atoms with van der Waals surface area (Å²) in [5.41, 5.74) is 1.16. The van der Waals surface area contributed by atoms with E-state index in [1.807, 2.05) is 18.2 Å². The molecule has 108 valence electrons. The molecule has 21 heavy (non-hydrogen) atoms. The zero-order valence-electron chi connectivity index (χ0n) is 11.1. The van der Waals surface area contributed by atoms with Gasteiger partial charge in [-0.1, -0.05) is 39.1 Å². The highest BCUT2D eigenvalue weighted by Crippen LogP contribution is 2.25. The lowest BCUT2D eigenvalue weighted by molar-refractivity contribution is 0.104. The zero-order valence-corrected chi connectivity index (χ0v) is 14.2. The van der Waals surface area contributed by atoms with Crippen molar-refractivity contribution in [1.82, 2.24) is 0 Å². The van der Waals surface area contributed by atoms with Gasteiger partial charge in [0.2, 0.25) is 0 Å². The van der Waals surface area contributed by atoms with E-state index in [1.165, 1.54) is 6.08 Å². The molecule has 0 radical (unpaired) electrons. The smallest absolute Gasteiger partial charge is 0.187 e. The van der Waals surface area contributed by atoms with Crippen molar-refractivity contribution < 1.29 is 9.53 Å². The molecule has 2 aromatic carbocycles. The number of halogens is 3. The molecule has 0 bridgehead atoms. The van der Waals surface area contributed by atoms with Gasteiger partial charge in [-0.05, 0) is 48.6 Å². The van der Waals surface area contributed by atoms with Crippen molar-refractivity contribution >= 4 is 51.0 Å². The Morgan fingerprint density at radius 2 is 1.95 bits per heavy atom. The molecule has 0 atom stereocenters. The number of ketones is 1. The van der Waals surface area contributed by atoms with Crippen molar-refractivity contribution in [3.05, 3.63) is 68.1 Å². The van der Waals surface area contributed by atoms with E-state index >= 15 is 0 Å². The van der Waals surface area contributed by atoms with Crippen LogP contribution in [0.3, 0.4) is 0 Å². The summed E-state index contributed by atoms with van der Waals surface area (Å²) in [5.74, 6) is 0.462. The first-order chi connectivity index (χ1) is 10.0. The average Bonchev–Trinajstić information content (AvgIpc) is 2.47. The second-order valence-electron chi connectivity index (χ2n) is 4.21. The van der Waals surface area contributed by atoms with Gasteiger partial charge in [-0.3, -0.25) is 4.79 Å². The summed E-state index contributed by atoms with van der Waals surface area (Å²) in [5, 5.41) is 0.839. The number of carbonyl (C=O) groups excluding carboxylic acids is 1. The van der Waals surface area contributed by atoms with Crippen LogP contribution in [0.15, 0.2) is 46.9 Å². The topological polar surface area (TPSA) is 26.3 Å². The van der Waals surface area contributed by atoms with Gasteiger partial charge < -0.3 is 4.74 Å². The number of hydrogen-bond acceptors (Lipinski definition) is 2. The summed E-state index contributed by atoms with van der Waals surface area (Å²) < 4.78 is 6.15. The normalized spacial score (nSPS) is 10.9. The first-order valence-electron chi connectivity index (χ1n) is 6.02. The average molecular weight is 386 g/mol. The van der Waals surface area contributed by atoms with Crippen molar-refractivity contribution in [2.45, 2.75) is 0 Å². The van der Waals surface area contributed by atoms with Gasteiger partial charge in [0, 0.05) is 20.6 Å². The van der Waals surface area contributed by atoms with Gasteiger partial charge in [0.15, 0.2) is 5.78 Å². The Morgan fingerprint density at radius 1 is 1.19 bits per heavy atom. The number of allylic oxidation sites excluding steroid dienone is 1. The van der Waals surface area contributed by atoms with Crippen LogP contribution >= 0.6 is 39.1 Å². The second-order valence-corrected chi connectivity index (χ2v) is 5.97. The largest absolute Gasteiger partial charge is 0.496 e. The molecule has 0 unspecified atom stereocenters. The molecule has 0 aliphatic rings. The molecular formula is C16H11BrCl2O2. The first-order valence-corrected chi connectivity index (χ1v) is 7.57. The van der Waals surface area contributed by atoms with Gasteiger partial charge in [0.1, 0.15) is 5.75 Å². The van der Waals surface area contributed by atoms with Crippen molar-refractivity contribution in [2.24, 2.45) is 0 Å². The lowest BCUT2D eigenvalue weighted by Gasteiger charge is -2.05. The molecule has 0 spiro atoms. The number of methoxy groups -OCH3 is 1. The number of rotatable bonds is 4. The summed E-state index contributed by atoms with van der Waals surface area (Å²) in [4.78, 5) is 12.2. The molecular weight excluding hydrogens is 375 g/mol. The van der Waals surface area contributed by atoms with Gasteiger partial charge >= 0.3 is 0 Å². The third-order valence-corrected chi connectivity index (χ3v) is 3.86. The summed E-state index contributed by atoms with van der Waals surface area (Å²) in [7, 11) is 1.58. The minimum Gasteiger partial charge on any atom is -0.496 e. The number of ether oxygens (including phenoxy) is 1. The molecule has 2 aromatic rings. The van der Waals surface area contributed by atoms with E-state index in [1.54, 1.807) is 31.4 Å². The molecule has 2 rings (SSSR count). The fraction of sp³-hybridized carbons (Fsp3) is 0.0625. The van der Waals surface area contributed by atoms with Crippen LogP contribution in [-0.4, -0.2) is 12.9 Å². The third kappa shape index (κ3) is 4.10. The van der Waals surface area contributed by atoms with Gasteiger partial charge in [0.05, 0.1) is 12.1 Å². The summed E-state index contributed by atoms with van der Waals surface area (Å²) in [6.07, 6.45) is 3.13. The molecule has 0 aliphatic carbocycles. The third-order valence-electron chi connectivity index (χ3n) is 2.80. The summed E-state index contributed by atoms with van der Waals surface area (Å²) in [6, 6.07) is 10.3. The highest BCUT2D eigenvalue weighted by atomic mass is 79.9. The fourth-order valence-corrected chi connectivity index (χ4v) is 2.54. The maximum atomic E-state index is 12.2. The van der Waals surface area contributed by atoms with Crippen molar-refractivity contribution in [3.8, 4) is 5.75 Å². The lowest BCUT2D eigenvalue weighted by atomic mass is 10.1. The van der Waals surface area contributed by atoms with Crippen LogP contribution in [0.25, 0.3) is 6.08 Å². The minimum atomic E-state index is -0.218. The van der Waals surface area contributed by atoms with E-state index in [9.17, 15) is 4.79 Å². The van der Waals surface area contributed by atoms with Crippen LogP contribution in [0.5, 0.6) is 5.75 Å². The molecule has 0 amide bonds. The standard InChI is InChI=1S/C16H11BrCl2O2/c1-21-16-7-3-11(17)8-10(16)2-6-15(20)13-9-12(18)4-5-14(13)19/h2-9H,1H3/b6-2+. The lowest BCUT2D eigenvalue weighted by Crippen LogP contribution is -1.95. The monoisotopic (exact) mass is 384 g/mol. The molecule has 0 saturated heterocycles. The Hall–Kier alpha value is -1.29. The second kappa shape index (κ2) is 7.12. The molecule has 5 heteroatoms. The van der Waals surface area contributed by atoms with Crippen LogP contribution < -0.4 is 4.74 Å². The van der Waals surface area contributed by atoms with Crippen molar-refractivity contribution in [2.75, 3.05) is 7.11 Å². The van der Waals surface area contributed by atoms with E-state index in [0.717, 1.165) is 10.0 Å². The Morgan fingerprint density at radius 3 is 2.67 bits per heavy atom. The molecule has 0 aromatic heterocycles. The van der Waals surface area contributed by atoms with Gasteiger partial charge in [-0.2, -0.15) is 0 Å².